The van der Waals surface area contributed by atoms with Crippen molar-refractivity contribution in [2.24, 2.45) is 0 Å². The van der Waals surface area contributed by atoms with Crippen molar-refractivity contribution in [3.8, 4) is 11.5 Å². The van der Waals surface area contributed by atoms with Crippen LogP contribution in [0.1, 0.15) is 5.82 Å². The van der Waals surface area contributed by atoms with Gasteiger partial charge < -0.3 is 9.51 Å². The molecule has 0 atom stereocenters. The Labute approximate surface area is 137 Å². The maximum absolute atomic E-state index is 12.5. The number of imidazole rings is 1. The van der Waals surface area contributed by atoms with Crippen LogP contribution in [0.4, 0.5) is 0 Å². The molecule has 0 radical (unpaired) electrons. The van der Waals surface area contributed by atoms with Crippen molar-refractivity contribution >= 4 is 20.9 Å². The van der Waals surface area contributed by atoms with Gasteiger partial charge in [0.25, 0.3) is 5.89 Å². The molecule has 1 N–H and O–H groups in total. The minimum absolute atomic E-state index is 0.0920. The zero-order chi connectivity index (χ0) is 16.6. The van der Waals surface area contributed by atoms with Crippen LogP contribution in [0.2, 0.25) is 0 Å². The lowest BCUT2D eigenvalue weighted by molar-refractivity contribution is 0.424. The van der Waals surface area contributed by atoms with E-state index < -0.39 is 9.84 Å². The molecule has 4 rings (SSSR count). The molecular weight excluding hydrogens is 328 g/mol. The molecule has 0 saturated heterocycles. The molecule has 0 amide bonds. The van der Waals surface area contributed by atoms with Crippen LogP contribution in [0.3, 0.4) is 0 Å². The van der Waals surface area contributed by atoms with Gasteiger partial charge in [0.05, 0.1) is 11.0 Å². The molecule has 7 nitrogen and oxygen atoms in total. The summed E-state index contributed by atoms with van der Waals surface area (Å²) >= 11 is 0. The highest BCUT2D eigenvalue weighted by Crippen LogP contribution is 2.20. The van der Waals surface area contributed by atoms with Gasteiger partial charge >= 0.3 is 0 Å². The molecule has 120 valence electrons. The Morgan fingerprint density at radius 2 is 1.71 bits per heavy atom. The molecule has 0 bridgehead atoms. The van der Waals surface area contributed by atoms with E-state index in [9.17, 15) is 8.42 Å². The second-order valence-corrected chi connectivity index (χ2v) is 7.10. The second-order valence-electron chi connectivity index (χ2n) is 5.20. The third-order valence-corrected chi connectivity index (χ3v) is 4.89. The second kappa shape index (κ2) is 5.57. The third-order valence-electron chi connectivity index (χ3n) is 3.47. The Kier molecular flexibility index (Phi) is 3.39. The van der Waals surface area contributed by atoms with Gasteiger partial charge in [-0.1, -0.05) is 35.5 Å². The van der Waals surface area contributed by atoms with Gasteiger partial charge in [-0.2, -0.15) is 4.98 Å². The number of benzene rings is 2. The number of sulfone groups is 1. The number of hydrogen-bond acceptors (Lipinski definition) is 6. The lowest BCUT2D eigenvalue weighted by Gasteiger charge is -1.95. The minimum atomic E-state index is -3.70. The van der Waals surface area contributed by atoms with Gasteiger partial charge in [-0.15, -0.1) is 0 Å². The van der Waals surface area contributed by atoms with E-state index in [0.717, 1.165) is 5.56 Å². The summed E-state index contributed by atoms with van der Waals surface area (Å²) in [6.45, 7) is 0. The zero-order valence-electron chi connectivity index (χ0n) is 12.4. The van der Waals surface area contributed by atoms with E-state index >= 15 is 0 Å². The molecule has 0 aliphatic carbocycles. The molecule has 0 unspecified atom stereocenters. The number of nitrogens with zero attached hydrogens (tertiary/aromatic N) is 3. The number of hydrogen-bond donors (Lipinski definition) is 1. The Balaban J connectivity index is 1.63. The SMILES string of the molecule is O=S(=O)(Cc1noc(-c2ccccc2)n1)c1nc2ccccc2[nH]1. The number of fused-ring (bicyclic) bond motifs is 1. The standard InChI is InChI=1S/C16H12N4O3S/c21-24(22,16-17-12-8-4-5-9-13(12)18-16)10-14-19-15(23-20-14)11-6-2-1-3-7-11/h1-9H,10H2,(H,17,18). The maximum Gasteiger partial charge on any atom is 0.257 e. The first-order chi connectivity index (χ1) is 11.6. The predicted molar refractivity (Wildman–Crippen MR) is 86.7 cm³/mol. The molecule has 8 heteroatoms. The molecule has 0 spiro atoms. The highest BCUT2D eigenvalue weighted by molar-refractivity contribution is 7.90. The first-order valence-corrected chi connectivity index (χ1v) is 8.82. The van der Waals surface area contributed by atoms with Crippen LogP contribution < -0.4 is 0 Å². The molecule has 2 aromatic carbocycles. The van der Waals surface area contributed by atoms with E-state index in [0.29, 0.717) is 11.0 Å². The van der Waals surface area contributed by atoms with E-state index in [1.807, 2.05) is 36.4 Å². The molecule has 0 fully saturated rings. The molecule has 2 heterocycles. The Hall–Kier alpha value is -3.00. The predicted octanol–water partition coefficient (Wildman–Crippen LogP) is 2.59. The van der Waals surface area contributed by atoms with Crippen molar-refractivity contribution < 1.29 is 12.9 Å². The topological polar surface area (TPSA) is 102 Å². The summed E-state index contributed by atoms with van der Waals surface area (Å²) in [5.41, 5.74) is 1.99. The summed E-state index contributed by atoms with van der Waals surface area (Å²) in [5, 5.41) is 3.65. The molecular formula is C16H12N4O3S. The zero-order valence-corrected chi connectivity index (χ0v) is 13.2. The number of aromatic nitrogens is 4. The van der Waals surface area contributed by atoms with E-state index in [-0.39, 0.29) is 22.6 Å². The van der Waals surface area contributed by atoms with Crippen molar-refractivity contribution in [1.29, 1.82) is 0 Å². The molecule has 24 heavy (non-hydrogen) atoms. The van der Waals surface area contributed by atoms with Crippen molar-refractivity contribution in [2.45, 2.75) is 10.9 Å². The number of nitrogens with one attached hydrogen (secondary N) is 1. The summed E-state index contributed by atoms with van der Waals surface area (Å²) < 4.78 is 30.1. The van der Waals surface area contributed by atoms with Gasteiger partial charge in [0.15, 0.2) is 5.82 Å². The van der Waals surface area contributed by atoms with Crippen LogP contribution in [-0.2, 0) is 15.6 Å². The van der Waals surface area contributed by atoms with Crippen molar-refractivity contribution in [1.82, 2.24) is 20.1 Å². The van der Waals surface area contributed by atoms with Gasteiger partial charge in [-0.25, -0.2) is 13.4 Å². The summed E-state index contributed by atoms with van der Waals surface area (Å²) in [6, 6.07) is 16.3. The van der Waals surface area contributed by atoms with Gasteiger partial charge in [-0.3, -0.25) is 0 Å². The van der Waals surface area contributed by atoms with Gasteiger partial charge in [-0.05, 0) is 24.3 Å². The summed E-state index contributed by atoms with van der Waals surface area (Å²) in [7, 11) is -3.70. The Morgan fingerprint density at radius 1 is 0.958 bits per heavy atom. The quantitative estimate of drug-likeness (QED) is 0.612. The monoisotopic (exact) mass is 340 g/mol. The molecule has 4 aromatic rings. The van der Waals surface area contributed by atoms with Crippen LogP contribution in [0, 0.1) is 0 Å². The van der Waals surface area contributed by atoms with Crippen molar-refractivity contribution in [3.05, 3.63) is 60.4 Å². The highest BCUT2D eigenvalue weighted by Gasteiger charge is 2.23. The van der Waals surface area contributed by atoms with Crippen LogP contribution in [0.5, 0.6) is 0 Å². The maximum atomic E-state index is 12.5. The van der Waals surface area contributed by atoms with Crippen LogP contribution in [0.15, 0.2) is 64.3 Å². The van der Waals surface area contributed by atoms with E-state index in [4.69, 9.17) is 4.52 Å². The molecule has 0 aliphatic rings. The van der Waals surface area contributed by atoms with Gasteiger partial charge in [0, 0.05) is 5.56 Å². The number of H-pyrrole nitrogens is 1. The van der Waals surface area contributed by atoms with Crippen LogP contribution >= 0.6 is 0 Å². The molecule has 0 saturated carbocycles. The van der Waals surface area contributed by atoms with Gasteiger partial charge in [0.1, 0.15) is 5.75 Å². The fraction of sp³-hybridized carbons (Fsp3) is 0.0625. The molecule has 2 aromatic heterocycles. The number of aromatic amines is 1. The third kappa shape index (κ3) is 2.67. The fourth-order valence-corrected chi connectivity index (χ4v) is 3.42. The normalized spacial score (nSPS) is 11.8. The summed E-state index contributed by atoms with van der Waals surface area (Å²) in [6.07, 6.45) is 0. The van der Waals surface area contributed by atoms with Crippen molar-refractivity contribution in [2.75, 3.05) is 0 Å². The van der Waals surface area contributed by atoms with Crippen molar-refractivity contribution in [3.63, 3.8) is 0 Å². The summed E-state index contributed by atoms with van der Waals surface area (Å²) in [5.74, 6) is -0.0110. The van der Waals surface area contributed by atoms with Gasteiger partial charge in [0.2, 0.25) is 15.0 Å². The lowest BCUT2D eigenvalue weighted by atomic mass is 10.2. The summed E-state index contributed by atoms with van der Waals surface area (Å²) in [4.78, 5) is 11.1. The first-order valence-electron chi connectivity index (χ1n) is 7.17. The highest BCUT2D eigenvalue weighted by atomic mass is 32.2. The van der Waals surface area contributed by atoms with E-state index in [1.54, 1.807) is 18.2 Å². The largest absolute Gasteiger partial charge is 0.334 e. The molecule has 0 aliphatic heterocycles. The Bertz CT molecular complexity index is 1070. The Morgan fingerprint density at radius 3 is 2.50 bits per heavy atom. The first kappa shape index (κ1) is 14.6. The van der Waals surface area contributed by atoms with E-state index in [2.05, 4.69) is 20.1 Å². The minimum Gasteiger partial charge on any atom is -0.334 e. The average molecular weight is 340 g/mol. The van der Waals surface area contributed by atoms with Crippen LogP contribution in [-0.4, -0.2) is 28.5 Å². The lowest BCUT2D eigenvalue weighted by Crippen LogP contribution is -2.08. The number of rotatable bonds is 4. The number of para-hydroxylation sites is 2. The van der Waals surface area contributed by atoms with Crippen LogP contribution in [0.25, 0.3) is 22.5 Å². The van der Waals surface area contributed by atoms with E-state index in [1.165, 1.54) is 0 Å². The average Bonchev–Trinajstić information content (AvgIpc) is 3.22. The fourth-order valence-electron chi connectivity index (χ4n) is 2.33. The smallest absolute Gasteiger partial charge is 0.257 e.